The number of hydrogen-bond acceptors (Lipinski definition) is 2. The van der Waals surface area contributed by atoms with E-state index in [0.29, 0.717) is 0 Å². The van der Waals surface area contributed by atoms with E-state index in [9.17, 15) is 4.39 Å². The van der Waals surface area contributed by atoms with E-state index in [-0.39, 0.29) is 10.2 Å². The number of rotatable bonds is 0. The number of hydrogen-bond donors (Lipinski definition) is 1. The number of aromatic hydroxyl groups is 1. The van der Waals surface area contributed by atoms with Gasteiger partial charge in [-0.3, -0.25) is 4.98 Å². The maximum atomic E-state index is 12.3. The first-order valence-electron chi connectivity index (χ1n) is 2.20. The van der Waals surface area contributed by atoms with Gasteiger partial charge in [0.25, 0.3) is 0 Å². The van der Waals surface area contributed by atoms with Crippen LogP contribution in [0.15, 0.2) is 16.9 Å². The van der Waals surface area contributed by atoms with Crippen molar-refractivity contribution in [3.8, 4) is 5.75 Å². The Morgan fingerprint density at radius 2 is 2.22 bits per heavy atom. The molecule has 1 rings (SSSR count). The molecule has 0 unspecified atom stereocenters. The Morgan fingerprint density at radius 1 is 1.56 bits per heavy atom. The van der Waals surface area contributed by atoms with Gasteiger partial charge in [-0.15, -0.1) is 0 Å². The van der Waals surface area contributed by atoms with Gasteiger partial charge in [-0.25, -0.2) is 4.39 Å². The molecule has 1 N–H and O–H groups in total. The minimum atomic E-state index is -0.560. The van der Waals surface area contributed by atoms with Crippen LogP contribution in [-0.4, -0.2) is 10.1 Å². The van der Waals surface area contributed by atoms with Gasteiger partial charge in [0.15, 0.2) is 11.6 Å². The summed E-state index contributed by atoms with van der Waals surface area (Å²) in [6.07, 6.45) is 2.18. The van der Waals surface area contributed by atoms with E-state index in [1.165, 1.54) is 0 Å². The third kappa shape index (κ3) is 1.18. The van der Waals surface area contributed by atoms with E-state index in [2.05, 4.69) is 20.9 Å². The second kappa shape index (κ2) is 2.31. The molecule has 0 spiro atoms. The number of aromatic nitrogens is 1. The Hall–Kier alpha value is -0.640. The van der Waals surface area contributed by atoms with E-state index in [1.54, 1.807) is 0 Å². The van der Waals surface area contributed by atoms with Crippen molar-refractivity contribution >= 4 is 15.9 Å². The first-order valence-corrected chi connectivity index (χ1v) is 2.99. The summed E-state index contributed by atoms with van der Waals surface area (Å²) < 4.78 is 12.4. The lowest BCUT2D eigenvalue weighted by Crippen LogP contribution is -1.79. The lowest BCUT2D eigenvalue weighted by molar-refractivity contribution is 0.460. The Labute approximate surface area is 59.5 Å². The lowest BCUT2D eigenvalue weighted by atomic mass is 10.4. The molecule has 0 saturated heterocycles. The van der Waals surface area contributed by atoms with Crippen LogP contribution < -0.4 is 0 Å². The molecule has 0 amide bonds. The third-order valence-corrected chi connectivity index (χ3v) is 1.60. The van der Waals surface area contributed by atoms with Crippen molar-refractivity contribution in [1.82, 2.24) is 4.98 Å². The fourth-order valence-corrected chi connectivity index (χ4v) is 0.614. The van der Waals surface area contributed by atoms with E-state index in [4.69, 9.17) is 5.11 Å². The number of nitrogens with zero attached hydrogens (tertiary/aromatic N) is 1. The zero-order valence-electron chi connectivity index (χ0n) is 4.31. The zero-order chi connectivity index (χ0) is 6.85. The highest BCUT2D eigenvalue weighted by Crippen LogP contribution is 2.23. The number of pyridine rings is 1. The maximum Gasteiger partial charge on any atom is 0.159 e. The first kappa shape index (κ1) is 6.48. The van der Waals surface area contributed by atoms with Crippen molar-refractivity contribution in [2.45, 2.75) is 0 Å². The standard InChI is InChI=1S/C5H3BrFNO/c6-5-3(7)1-8-2-4(5)9/h1-2,9H. The van der Waals surface area contributed by atoms with Crippen molar-refractivity contribution in [1.29, 1.82) is 0 Å². The first-order chi connectivity index (χ1) is 4.22. The van der Waals surface area contributed by atoms with Gasteiger partial charge >= 0.3 is 0 Å². The van der Waals surface area contributed by atoms with Gasteiger partial charge < -0.3 is 5.11 Å². The van der Waals surface area contributed by atoms with Gasteiger partial charge in [0.1, 0.15) is 0 Å². The minimum Gasteiger partial charge on any atom is -0.505 e. The predicted octanol–water partition coefficient (Wildman–Crippen LogP) is 1.69. The molecule has 0 fully saturated rings. The molecule has 0 aromatic carbocycles. The van der Waals surface area contributed by atoms with Gasteiger partial charge in [-0.2, -0.15) is 0 Å². The van der Waals surface area contributed by atoms with Crippen molar-refractivity contribution in [3.05, 3.63) is 22.7 Å². The van der Waals surface area contributed by atoms with Crippen LogP contribution >= 0.6 is 15.9 Å². The Kier molecular flexibility index (Phi) is 1.66. The van der Waals surface area contributed by atoms with Gasteiger partial charge in [-0.1, -0.05) is 0 Å². The van der Waals surface area contributed by atoms with Crippen LogP contribution in [0.3, 0.4) is 0 Å². The molecule has 4 heteroatoms. The average Bonchev–Trinajstić information content (AvgIpc) is 1.83. The fourth-order valence-electron chi connectivity index (χ4n) is 0.409. The van der Waals surface area contributed by atoms with Gasteiger partial charge in [0.2, 0.25) is 0 Å². The summed E-state index contributed by atoms with van der Waals surface area (Å²) in [6, 6.07) is 0. The molecular formula is C5H3BrFNO. The average molecular weight is 192 g/mol. The molecule has 0 aliphatic rings. The van der Waals surface area contributed by atoms with Crippen LogP contribution in [-0.2, 0) is 0 Å². The zero-order valence-corrected chi connectivity index (χ0v) is 5.89. The quantitative estimate of drug-likeness (QED) is 0.678. The second-order valence-corrected chi connectivity index (χ2v) is 2.25. The van der Waals surface area contributed by atoms with Gasteiger partial charge in [0, 0.05) is 0 Å². The SMILES string of the molecule is Oc1cncc(F)c1Br. The molecule has 1 aromatic rings. The summed E-state index contributed by atoms with van der Waals surface area (Å²) in [5.41, 5.74) is 0. The van der Waals surface area contributed by atoms with Gasteiger partial charge in [0.05, 0.1) is 16.9 Å². The smallest absolute Gasteiger partial charge is 0.159 e. The summed E-state index contributed by atoms with van der Waals surface area (Å²) >= 11 is 2.81. The second-order valence-electron chi connectivity index (χ2n) is 1.45. The highest BCUT2D eigenvalue weighted by Gasteiger charge is 2.01. The van der Waals surface area contributed by atoms with Crippen LogP contribution in [0.25, 0.3) is 0 Å². The van der Waals surface area contributed by atoms with E-state index < -0.39 is 5.82 Å². The Bertz CT molecular complexity index is 208. The van der Waals surface area contributed by atoms with Crippen molar-refractivity contribution in [2.75, 3.05) is 0 Å². The summed E-state index contributed by atoms with van der Waals surface area (Å²) in [7, 11) is 0. The Morgan fingerprint density at radius 3 is 2.67 bits per heavy atom. The molecule has 0 aliphatic heterocycles. The lowest BCUT2D eigenvalue weighted by Gasteiger charge is -1.93. The van der Waals surface area contributed by atoms with Crippen molar-refractivity contribution in [3.63, 3.8) is 0 Å². The molecule has 1 heterocycles. The molecule has 48 valence electrons. The largest absolute Gasteiger partial charge is 0.505 e. The molecular weight excluding hydrogens is 189 g/mol. The molecule has 0 saturated carbocycles. The third-order valence-electron chi connectivity index (χ3n) is 0.819. The molecule has 0 aliphatic carbocycles. The van der Waals surface area contributed by atoms with Crippen LogP contribution in [0.1, 0.15) is 0 Å². The van der Waals surface area contributed by atoms with E-state index in [1.807, 2.05) is 0 Å². The molecule has 0 bridgehead atoms. The van der Waals surface area contributed by atoms with Gasteiger partial charge in [-0.05, 0) is 15.9 Å². The molecule has 0 atom stereocenters. The molecule has 1 aromatic heterocycles. The van der Waals surface area contributed by atoms with E-state index in [0.717, 1.165) is 12.4 Å². The topological polar surface area (TPSA) is 33.1 Å². The van der Waals surface area contributed by atoms with Crippen LogP contribution in [0.5, 0.6) is 5.75 Å². The number of halogens is 2. The molecule has 9 heavy (non-hydrogen) atoms. The molecule has 2 nitrogen and oxygen atoms in total. The summed E-state index contributed by atoms with van der Waals surface area (Å²) in [5, 5.41) is 8.75. The highest BCUT2D eigenvalue weighted by molar-refractivity contribution is 9.10. The minimum absolute atomic E-state index is 0.0532. The van der Waals surface area contributed by atoms with Crippen LogP contribution in [0.2, 0.25) is 0 Å². The predicted molar refractivity (Wildman–Crippen MR) is 33.6 cm³/mol. The fraction of sp³-hybridized carbons (Fsp3) is 0. The molecule has 0 radical (unpaired) electrons. The Balaban J connectivity index is 3.25. The van der Waals surface area contributed by atoms with Crippen LogP contribution in [0, 0.1) is 5.82 Å². The van der Waals surface area contributed by atoms with E-state index >= 15 is 0 Å². The summed E-state index contributed by atoms with van der Waals surface area (Å²) in [5.74, 6) is -0.745. The summed E-state index contributed by atoms with van der Waals surface area (Å²) in [6.45, 7) is 0. The normalized spacial score (nSPS) is 9.56. The monoisotopic (exact) mass is 191 g/mol. The highest BCUT2D eigenvalue weighted by atomic mass is 79.9. The van der Waals surface area contributed by atoms with Crippen molar-refractivity contribution < 1.29 is 9.50 Å². The summed E-state index contributed by atoms with van der Waals surface area (Å²) in [4.78, 5) is 3.39. The maximum absolute atomic E-state index is 12.3. The van der Waals surface area contributed by atoms with Crippen LogP contribution in [0.4, 0.5) is 4.39 Å². The van der Waals surface area contributed by atoms with Crippen molar-refractivity contribution in [2.24, 2.45) is 0 Å².